The minimum Gasteiger partial charge on any atom is -0.309 e. The maximum Gasteiger partial charge on any atom is 0.101 e. The van der Waals surface area contributed by atoms with Crippen LogP contribution in [-0.2, 0) is 5.41 Å². The Balaban J connectivity index is 1.04. The number of rotatable bonds is 4. The van der Waals surface area contributed by atoms with E-state index in [1.54, 1.807) is 0 Å². The third-order valence-electron chi connectivity index (χ3n) is 15.6. The summed E-state index contributed by atoms with van der Waals surface area (Å²) >= 11 is 0. The molecule has 0 fully saturated rings. The van der Waals surface area contributed by atoms with Crippen LogP contribution in [0.1, 0.15) is 36.1 Å². The molecule has 4 aromatic heterocycles. The second-order valence-electron chi connectivity index (χ2n) is 19.5. The molecule has 0 aliphatic heterocycles. The van der Waals surface area contributed by atoms with E-state index in [0.717, 1.165) is 87.8 Å². The lowest BCUT2D eigenvalue weighted by Gasteiger charge is -2.22. The second-order valence-corrected chi connectivity index (χ2v) is 19.5. The fourth-order valence-electron chi connectivity index (χ4n) is 12.5. The van der Waals surface area contributed by atoms with Crippen molar-refractivity contribution in [3.05, 3.63) is 229 Å². The molecule has 4 heterocycles. The first-order valence-corrected chi connectivity index (χ1v) is 24.1. The van der Waals surface area contributed by atoms with E-state index in [4.69, 9.17) is 0 Å². The highest BCUT2D eigenvalue weighted by Crippen LogP contribution is 2.52. The van der Waals surface area contributed by atoms with Crippen molar-refractivity contribution in [3.63, 3.8) is 0 Å². The van der Waals surface area contributed by atoms with Gasteiger partial charge in [0.2, 0.25) is 0 Å². The normalized spacial score (nSPS) is 13.0. The number of para-hydroxylation sites is 5. The molecule has 6 nitrogen and oxygen atoms in total. The molecule has 330 valence electrons. The predicted molar refractivity (Wildman–Crippen MR) is 291 cm³/mol. The Hall–Kier alpha value is -9.62. The van der Waals surface area contributed by atoms with Gasteiger partial charge in [-0.25, -0.2) is 0 Å². The number of hydrogen-bond donors (Lipinski definition) is 0. The van der Waals surface area contributed by atoms with Crippen molar-refractivity contribution in [3.8, 4) is 46.0 Å². The van der Waals surface area contributed by atoms with Crippen LogP contribution >= 0.6 is 0 Å². The van der Waals surface area contributed by atoms with Crippen LogP contribution in [0.3, 0.4) is 0 Å². The molecule has 1 aliphatic rings. The Morgan fingerprint density at radius 2 is 0.803 bits per heavy atom. The summed E-state index contributed by atoms with van der Waals surface area (Å²) in [4.78, 5) is 0. The third kappa shape index (κ3) is 5.18. The molecule has 0 N–H and O–H groups in total. The summed E-state index contributed by atoms with van der Waals surface area (Å²) in [7, 11) is 0. The Morgan fingerprint density at radius 1 is 0.324 bits per heavy atom. The zero-order valence-electron chi connectivity index (χ0n) is 38.8. The molecule has 0 unspecified atom stereocenters. The molecule has 71 heavy (non-hydrogen) atoms. The zero-order valence-corrected chi connectivity index (χ0v) is 38.8. The first-order chi connectivity index (χ1) is 34.9. The summed E-state index contributed by atoms with van der Waals surface area (Å²) in [5.74, 6) is 0. The SMILES string of the molecule is CC1(C)c2ccccc2-c2cc3c4cc(-n5c6ccccc6c6ccccc65)ccc4n(-c4cc(C#N)c(-n5c6ccccc6c6ccc7c8ccccc8n(-c8ccccc8)c7c65)cc4C#N)c3cc21. The van der Waals surface area contributed by atoms with Crippen molar-refractivity contribution < 1.29 is 0 Å². The van der Waals surface area contributed by atoms with Gasteiger partial charge in [0.15, 0.2) is 0 Å². The van der Waals surface area contributed by atoms with Gasteiger partial charge in [0.1, 0.15) is 12.1 Å². The standard InChI is InChI=1S/C65H40N6/c1-65(2)53-23-11-6-18-43(53)50-35-52-51-34-42(68-55-24-12-7-19-44(55)45-20-8-13-25-56(45)68)28-31-59(51)70(62(52)36-54(50)65)60-32-40(38-67)61(33-39(60)37-66)71-58-27-15-10-22-47(58)49-30-29-48-46-21-9-14-26-57(46)69(63(48)64(49)71)41-16-4-3-5-17-41/h3-36H,1-2H3. The monoisotopic (exact) mass is 904 g/mol. The molecule has 6 heteroatoms. The molecule has 1 aliphatic carbocycles. The summed E-state index contributed by atoms with van der Waals surface area (Å²) in [5.41, 5.74) is 17.4. The Labute approximate surface area is 407 Å². The highest BCUT2D eigenvalue weighted by molar-refractivity contribution is 6.24. The van der Waals surface area contributed by atoms with Gasteiger partial charge in [-0.15, -0.1) is 0 Å². The van der Waals surface area contributed by atoms with Gasteiger partial charge in [-0.2, -0.15) is 10.5 Å². The first kappa shape index (κ1) is 39.4. The maximum absolute atomic E-state index is 11.5. The molecule has 0 radical (unpaired) electrons. The van der Waals surface area contributed by atoms with E-state index in [1.807, 2.05) is 18.2 Å². The highest BCUT2D eigenvalue weighted by Gasteiger charge is 2.36. The topological polar surface area (TPSA) is 67.3 Å². The Bertz CT molecular complexity index is 4700. The Kier molecular flexibility index (Phi) is 7.88. The molecule has 10 aromatic carbocycles. The van der Waals surface area contributed by atoms with E-state index < -0.39 is 0 Å². The maximum atomic E-state index is 11.5. The third-order valence-corrected chi connectivity index (χ3v) is 15.6. The van der Waals surface area contributed by atoms with Crippen LogP contribution in [0.5, 0.6) is 0 Å². The highest BCUT2D eigenvalue weighted by atomic mass is 15.1. The van der Waals surface area contributed by atoms with Gasteiger partial charge < -0.3 is 18.3 Å². The van der Waals surface area contributed by atoms with E-state index in [2.05, 4.69) is 232 Å². The van der Waals surface area contributed by atoms with E-state index in [9.17, 15) is 10.5 Å². The van der Waals surface area contributed by atoms with Crippen molar-refractivity contribution in [1.82, 2.24) is 18.3 Å². The van der Waals surface area contributed by atoms with Crippen molar-refractivity contribution in [1.29, 1.82) is 10.5 Å². The van der Waals surface area contributed by atoms with Gasteiger partial charge in [0.25, 0.3) is 0 Å². The van der Waals surface area contributed by atoms with Crippen molar-refractivity contribution >= 4 is 87.2 Å². The molecular weight excluding hydrogens is 865 g/mol. The number of hydrogen-bond acceptors (Lipinski definition) is 2. The lowest BCUT2D eigenvalue weighted by atomic mass is 9.82. The number of nitrogens with zero attached hydrogens (tertiary/aromatic N) is 6. The molecular formula is C65H40N6. The fraction of sp³-hybridized carbons (Fsp3) is 0.0462. The van der Waals surface area contributed by atoms with Crippen LogP contribution in [-0.4, -0.2) is 18.3 Å². The number of nitriles is 2. The van der Waals surface area contributed by atoms with E-state index in [-0.39, 0.29) is 5.41 Å². The Morgan fingerprint density at radius 3 is 1.42 bits per heavy atom. The predicted octanol–water partition coefficient (Wildman–Crippen LogP) is 16.1. The second kappa shape index (κ2) is 14.2. The quantitative estimate of drug-likeness (QED) is 0.177. The molecule has 0 bridgehead atoms. The molecule has 0 amide bonds. The average molecular weight is 905 g/mol. The van der Waals surface area contributed by atoms with Gasteiger partial charge >= 0.3 is 0 Å². The summed E-state index contributed by atoms with van der Waals surface area (Å²) in [6.45, 7) is 4.61. The van der Waals surface area contributed by atoms with E-state index >= 15 is 0 Å². The van der Waals surface area contributed by atoms with Gasteiger partial charge in [-0.3, -0.25) is 0 Å². The molecule has 15 rings (SSSR count). The lowest BCUT2D eigenvalue weighted by Crippen LogP contribution is -2.15. The van der Waals surface area contributed by atoms with Crippen LogP contribution in [0.2, 0.25) is 0 Å². The van der Waals surface area contributed by atoms with Crippen LogP contribution < -0.4 is 0 Å². The molecule has 0 spiro atoms. The average Bonchev–Trinajstić information content (AvgIpc) is 4.19. The smallest absolute Gasteiger partial charge is 0.101 e. The van der Waals surface area contributed by atoms with Gasteiger partial charge in [-0.1, -0.05) is 141 Å². The molecule has 0 atom stereocenters. The van der Waals surface area contributed by atoms with Crippen LogP contribution in [0.15, 0.2) is 206 Å². The first-order valence-electron chi connectivity index (χ1n) is 24.1. The number of benzene rings is 10. The largest absolute Gasteiger partial charge is 0.309 e. The van der Waals surface area contributed by atoms with Gasteiger partial charge in [0, 0.05) is 59.9 Å². The van der Waals surface area contributed by atoms with Crippen molar-refractivity contribution in [2.24, 2.45) is 0 Å². The van der Waals surface area contributed by atoms with E-state index in [1.165, 1.54) is 33.0 Å². The van der Waals surface area contributed by atoms with Gasteiger partial charge in [-0.05, 0) is 101 Å². The summed E-state index contributed by atoms with van der Waals surface area (Å²) in [6.07, 6.45) is 0. The minimum atomic E-state index is -0.265. The summed E-state index contributed by atoms with van der Waals surface area (Å²) in [6, 6.07) is 78.5. The van der Waals surface area contributed by atoms with E-state index in [0.29, 0.717) is 22.5 Å². The zero-order chi connectivity index (χ0) is 47.3. The van der Waals surface area contributed by atoms with Gasteiger partial charge in [0.05, 0.1) is 66.6 Å². The lowest BCUT2D eigenvalue weighted by molar-refractivity contribution is 0.661. The minimum absolute atomic E-state index is 0.265. The summed E-state index contributed by atoms with van der Waals surface area (Å²) in [5, 5.41) is 31.9. The van der Waals surface area contributed by atoms with Crippen LogP contribution in [0.4, 0.5) is 0 Å². The van der Waals surface area contributed by atoms with Crippen LogP contribution in [0, 0.1) is 22.7 Å². The van der Waals surface area contributed by atoms with Crippen LogP contribution in [0.25, 0.3) is 121 Å². The fourth-order valence-corrected chi connectivity index (χ4v) is 12.5. The molecule has 0 saturated carbocycles. The summed E-state index contributed by atoms with van der Waals surface area (Å²) < 4.78 is 9.17. The number of aromatic nitrogens is 4. The number of fused-ring (bicyclic) bond motifs is 16. The van der Waals surface area contributed by atoms with Crippen molar-refractivity contribution in [2.45, 2.75) is 19.3 Å². The molecule has 14 aromatic rings. The molecule has 0 saturated heterocycles. The van der Waals surface area contributed by atoms with Crippen molar-refractivity contribution in [2.75, 3.05) is 0 Å².